The zero-order chi connectivity index (χ0) is 13.8. The van der Waals surface area contributed by atoms with Crippen molar-refractivity contribution in [1.29, 1.82) is 5.26 Å². The fourth-order valence-corrected chi connectivity index (χ4v) is 1.93. The van der Waals surface area contributed by atoms with Crippen molar-refractivity contribution in [3.63, 3.8) is 0 Å². The Morgan fingerprint density at radius 1 is 1.68 bits per heavy atom. The number of rotatable bonds is 5. The zero-order valence-corrected chi connectivity index (χ0v) is 11.2. The predicted molar refractivity (Wildman–Crippen MR) is 68.3 cm³/mol. The molecule has 0 spiro atoms. The van der Waals surface area contributed by atoms with Crippen LogP contribution in [0.15, 0.2) is 6.20 Å². The van der Waals surface area contributed by atoms with Gasteiger partial charge in [0.25, 0.3) is 5.91 Å². The van der Waals surface area contributed by atoms with Crippen LogP contribution in [0.5, 0.6) is 0 Å². The van der Waals surface area contributed by atoms with Gasteiger partial charge in [0.1, 0.15) is 0 Å². The van der Waals surface area contributed by atoms with Crippen molar-refractivity contribution in [3.8, 4) is 6.07 Å². The summed E-state index contributed by atoms with van der Waals surface area (Å²) in [7, 11) is 0. The Kier molecular flexibility index (Phi) is 4.12. The summed E-state index contributed by atoms with van der Waals surface area (Å²) >= 11 is 0. The van der Waals surface area contributed by atoms with E-state index < -0.39 is 0 Å². The lowest BCUT2D eigenvalue weighted by molar-refractivity contribution is 0.0704. The maximum absolute atomic E-state index is 12.3. The minimum absolute atomic E-state index is 0.0383. The zero-order valence-electron chi connectivity index (χ0n) is 11.2. The van der Waals surface area contributed by atoms with Gasteiger partial charge in [-0.05, 0) is 13.8 Å². The van der Waals surface area contributed by atoms with Gasteiger partial charge in [-0.15, -0.1) is 5.10 Å². The minimum atomic E-state index is -0.163. The van der Waals surface area contributed by atoms with Gasteiger partial charge in [0.05, 0.1) is 24.7 Å². The molecular formula is C12H18N6O. The molecule has 102 valence electrons. The third-order valence-corrected chi connectivity index (χ3v) is 3.21. The van der Waals surface area contributed by atoms with Crippen LogP contribution in [0.4, 0.5) is 0 Å². The number of nitrogens with zero attached hydrogens (tertiary/aromatic N) is 5. The highest BCUT2D eigenvalue weighted by atomic mass is 16.2. The van der Waals surface area contributed by atoms with Crippen LogP contribution in [0.25, 0.3) is 0 Å². The Hall–Kier alpha value is -1.94. The molecule has 1 amide bonds. The van der Waals surface area contributed by atoms with Crippen molar-refractivity contribution in [3.05, 3.63) is 11.9 Å². The Balaban J connectivity index is 2.07. The monoisotopic (exact) mass is 262 g/mol. The van der Waals surface area contributed by atoms with Gasteiger partial charge in [-0.25, -0.2) is 4.68 Å². The molecule has 1 aromatic rings. The van der Waals surface area contributed by atoms with Gasteiger partial charge in [-0.1, -0.05) is 5.21 Å². The van der Waals surface area contributed by atoms with E-state index in [1.807, 2.05) is 13.8 Å². The van der Waals surface area contributed by atoms with Crippen molar-refractivity contribution < 1.29 is 4.79 Å². The number of amides is 1. The summed E-state index contributed by atoms with van der Waals surface area (Å²) < 4.78 is 1.73. The molecule has 19 heavy (non-hydrogen) atoms. The molecule has 0 unspecified atom stereocenters. The molecule has 2 rings (SSSR count). The van der Waals surface area contributed by atoms with E-state index in [1.165, 1.54) is 0 Å². The molecule has 1 aromatic heterocycles. The van der Waals surface area contributed by atoms with Gasteiger partial charge < -0.3 is 10.2 Å². The van der Waals surface area contributed by atoms with Crippen molar-refractivity contribution in [2.45, 2.75) is 32.4 Å². The van der Waals surface area contributed by atoms with E-state index in [4.69, 9.17) is 5.26 Å². The number of nitrogens with one attached hydrogen (secondary N) is 1. The molecule has 1 aliphatic heterocycles. The molecular weight excluding hydrogens is 244 g/mol. The van der Waals surface area contributed by atoms with Crippen LogP contribution in [-0.2, 0) is 0 Å². The van der Waals surface area contributed by atoms with Crippen LogP contribution in [0.1, 0.15) is 36.8 Å². The first-order chi connectivity index (χ1) is 9.13. The summed E-state index contributed by atoms with van der Waals surface area (Å²) in [4.78, 5) is 14.0. The molecule has 0 aliphatic carbocycles. The van der Waals surface area contributed by atoms with Crippen molar-refractivity contribution in [1.82, 2.24) is 25.2 Å². The van der Waals surface area contributed by atoms with Gasteiger partial charge >= 0.3 is 0 Å². The summed E-state index contributed by atoms with van der Waals surface area (Å²) in [5.74, 6) is -0.163. The number of hydrogen-bond acceptors (Lipinski definition) is 5. The van der Waals surface area contributed by atoms with E-state index in [9.17, 15) is 4.79 Å². The molecule has 0 saturated carbocycles. The largest absolute Gasteiger partial charge is 0.334 e. The molecule has 7 nitrogen and oxygen atoms in total. The van der Waals surface area contributed by atoms with Crippen LogP contribution in [0.3, 0.4) is 0 Å². The highest BCUT2D eigenvalue weighted by molar-refractivity contribution is 5.92. The molecule has 1 N–H and O–H groups in total. The van der Waals surface area contributed by atoms with Crippen LogP contribution in [0, 0.1) is 11.3 Å². The van der Waals surface area contributed by atoms with E-state index in [0.717, 1.165) is 13.1 Å². The van der Waals surface area contributed by atoms with E-state index in [1.54, 1.807) is 15.8 Å². The molecule has 7 heteroatoms. The fourth-order valence-electron chi connectivity index (χ4n) is 1.93. The van der Waals surface area contributed by atoms with Crippen molar-refractivity contribution in [2.75, 3.05) is 19.6 Å². The Morgan fingerprint density at radius 3 is 2.95 bits per heavy atom. The first-order valence-corrected chi connectivity index (χ1v) is 6.44. The molecule has 0 radical (unpaired) electrons. The molecule has 0 aromatic carbocycles. The lowest BCUT2D eigenvalue weighted by Crippen LogP contribution is -2.43. The predicted octanol–water partition coefficient (Wildman–Crippen LogP) is 0.187. The highest BCUT2D eigenvalue weighted by Crippen LogP contribution is 2.12. The molecule has 2 heterocycles. The Labute approximate surface area is 112 Å². The first kappa shape index (κ1) is 13.5. The third-order valence-electron chi connectivity index (χ3n) is 3.21. The topological polar surface area (TPSA) is 86.8 Å². The fraction of sp³-hybridized carbons (Fsp3) is 0.667. The summed E-state index contributed by atoms with van der Waals surface area (Å²) in [5.41, 5.74) is 0.346. The average Bonchev–Trinajstić information content (AvgIpc) is 2.75. The highest BCUT2D eigenvalue weighted by Gasteiger charge is 2.24. The molecule has 0 bridgehead atoms. The third kappa shape index (κ3) is 2.90. The van der Waals surface area contributed by atoms with Crippen LogP contribution in [-0.4, -0.2) is 51.5 Å². The molecule has 1 fully saturated rings. The number of hydrogen-bond donors (Lipinski definition) is 1. The van der Waals surface area contributed by atoms with E-state index in [0.29, 0.717) is 24.7 Å². The van der Waals surface area contributed by atoms with E-state index in [-0.39, 0.29) is 11.9 Å². The minimum Gasteiger partial charge on any atom is -0.334 e. The Bertz CT molecular complexity index is 485. The van der Waals surface area contributed by atoms with Crippen molar-refractivity contribution >= 4 is 5.91 Å². The number of carbonyl (C=O) groups excluding carboxylic acids is 1. The van der Waals surface area contributed by atoms with Crippen molar-refractivity contribution in [2.24, 2.45) is 0 Å². The maximum Gasteiger partial charge on any atom is 0.276 e. The summed E-state index contributed by atoms with van der Waals surface area (Å²) in [5, 5.41) is 19.7. The standard InChI is InChI=1S/C12H18N6O/c1-9(2)17(5-3-4-13)12(19)11-8-18(16-15-11)10-6-14-7-10/h8-10,14H,3,5-7H2,1-2H3. The normalized spacial score (nSPS) is 15.1. The van der Waals surface area contributed by atoms with Crippen LogP contribution in [0.2, 0.25) is 0 Å². The summed E-state index contributed by atoms with van der Waals surface area (Å²) in [6.45, 7) is 5.99. The van der Waals surface area contributed by atoms with Gasteiger partial charge in [0.2, 0.25) is 0 Å². The van der Waals surface area contributed by atoms with Gasteiger partial charge in [-0.2, -0.15) is 5.26 Å². The number of aromatic nitrogens is 3. The molecule has 1 aliphatic rings. The van der Waals surface area contributed by atoms with Gasteiger partial charge in [-0.3, -0.25) is 4.79 Å². The van der Waals surface area contributed by atoms with E-state index in [2.05, 4.69) is 21.7 Å². The van der Waals surface area contributed by atoms with Crippen LogP contribution < -0.4 is 5.32 Å². The van der Waals surface area contributed by atoms with Gasteiger partial charge in [0.15, 0.2) is 5.69 Å². The average molecular weight is 262 g/mol. The number of carbonyl (C=O) groups is 1. The smallest absolute Gasteiger partial charge is 0.276 e. The second-order valence-electron chi connectivity index (χ2n) is 4.90. The van der Waals surface area contributed by atoms with E-state index >= 15 is 0 Å². The summed E-state index contributed by atoms with van der Waals surface area (Å²) in [6, 6.07) is 2.39. The first-order valence-electron chi connectivity index (χ1n) is 6.44. The molecule has 0 atom stereocenters. The molecule has 1 saturated heterocycles. The Morgan fingerprint density at radius 2 is 2.42 bits per heavy atom. The second kappa shape index (κ2) is 5.80. The number of nitriles is 1. The van der Waals surface area contributed by atoms with Gasteiger partial charge in [0, 0.05) is 25.7 Å². The SMILES string of the molecule is CC(C)N(CCC#N)C(=O)c1cn(C2CNC2)nn1. The lowest BCUT2D eigenvalue weighted by atomic mass is 10.2. The lowest BCUT2D eigenvalue weighted by Gasteiger charge is -2.26. The maximum atomic E-state index is 12.3. The van der Waals surface area contributed by atoms with Crippen LogP contribution >= 0.6 is 0 Å². The second-order valence-corrected chi connectivity index (χ2v) is 4.90. The summed E-state index contributed by atoms with van der Waals surface area (Å²) in [6.07, 6.45) is 2.01. The quantitative estimate of drug-likeness (QED) is 0.818.